The predicted molar refractivity (Wildman–Crippen MR) is 93.9 cm³/mol. The number of hydrogen-bond donors (Lipinski definition) is 1. The molecule has 0 spiro atoms. The van der Waals surface area contributed by atoms with Gasteiger partial charge in [0.2, 0.25) is 0 Å². The van der Waals surface area contributed by atoms with E-state index in [0.717, 1.165) is 42.0 Å². The number of rotatable bonds is 3. The van der Waals surface area contributed by atoms with Crippen LogP contribution in [0.5, 0.6) is 0 Å². The van der Waals surface area contributed by atoms with Crippen LogP contribution in [0.3, 0.4) is 0 Å². The van der Waals surface area contributed by atoms with E-state index in [1.54, 1.807) is 18.3 Å². The van der Waals surface area contributed by atoms with Gasteiger partial charge in [-0.2, -0.15) is 0 Å². The van der Waals surface area contributed by atoms with Crippen LogP contribution in [0, 0.1) is 6.92 Å². The molecule has 3 rings (SSSR count). The number of primary amides is 1. The third-order valence-corrected chi connectivity index (χ3v) is 4.38. The number of hydrogen-bond acceptors (Lipinski definition) is 5. The quantitative estimate of drug-likeness (QED) is 0.887. The Balaban J connectivity index is 1.75. The molecule has 0 saturated carbocycles. The first-order chi connectivity index (χ1) is 11.1. The first-order valence-electron chi connectivity index (χ1n) is 7.43. The van der Waals surface area contributed by atoms with Crippen molar-refractivity contribution in [3.8, 4) is 0 Å². The lowest BCUT2D eigenvalue weighted by Gasteiger charge is -2.37. The standard InChI is InChI=1S/C16H18BrN5O/c1-11-9-12(17)10-20-15(11)21-5-7-22(8-6-21)16-13(14(18)23)3-2-4-19-16/h2-4,9-10H,5-8H2,1H3,(H2,18,23). The molecule has 1 fully saturated rings. The Labute approximate surface area is 143 Å². The SMILES string of the molecule is Cc1cc(Br)cnc1N1CCN(c2ncccc2C(N)=O)CC1. The second-order valence-corrected chi connectivity index (χ2v) is 6.42. The number of anilines is 2. The van der Waals surface area contributed by atoms with Gasteiger partial charge in [0.1, 0.15) is 11.6 Å². The van der Waals surface area contributed by atoms with Crippen molar-refractivity contribution in [2.24, 2.45) is 5.73 Å². The molecule has 0 radical (unpaired) electrons. The minimum absolute atomic E-state index is 0.444. The van der Waals surface area contributed by atoms with Gasteiger partial charge < -0.3 is 15.5 Å². The van der Waals surface area contributed by atoms with Gasteiger partial charge in [-0.25, -0.2) is 9.97 Å². The van der Waals surface area contributed by atoms with E-state index in [9.17, 15) is 4.79 Å². The first-order valence-corrected chi connectivity index (χ1v) is 8.22. The van der Waals surface area contributed by atoms with E-state index in [1.807, 2.05) is 6.20 Å². The molecule has 23 heavy (non-hydrogen) atoms. The second kappa shape index (κ2) is 6.54. The number of aryl methyl sites for hydroxylation is 1. The molecule has 1 aliphatic heterocycles. The molecule has 3 heterocycles. The summed E-state index contributed by atoms with van der Waals surface area (Å²) >= 11 is 3.44. The largest absolute Gasteiger partial charge is 0.365 e. The monoisotopic (exact) mass is 375 g/mol. The zero-order chi connectivity index (χ0) is 16.4. The van der Waals surface area contributed by atoms with E-state index < -0.39 is 5.91 Å². The van der Waals surface area contributed by atoms with Gasteiger partial charge in [0, 0.05) is 43.0 Å². The van der Waals surface area contributed by atoms with E-state index in [0.29, 0.717) is 11.4 Å². The van der Waals surface area contributed by atoms with Crippen molar-refractivity contribution in [2.45, 2.75) is 6.92 Å². The van der Waals surface area contributed by atoms with Gasteiger partial charge in [0.25, 0.3) is 5.91 Å². The number of carbonyl (C=O) groups excluding carboxylic acids is 1. The van der Waals surface area contributed by atoms with E-state index in [1.165, 1.54) is 0 Å². The van der Waals surface area contributed by atoms with Gasteiger partial charge in [-0.15, -0.1) is 0 Å². The number of piperazine rings is 1. The van der Waals surface area contributed by atoms with Crippen LogP contribution >= 0.6 is 15.9 Å². The lowest BCUT2D eigenvalue weighted by atomic mass is 10.2. The summed E-state index contributed by atoms with van der Waals surface area (Å²) in [4.78, 5) is 24.8. The third kappa shape index (κ3) is 3.29. The molecule has 0 aromatic carbocycles. The number of amides is 1. The average Bonchev–Trinajstić information content (AvgIpc) is 2.55. The number of halogens is 1. The van der Waals surface area contributed by atoms with Gasteiger partial charge >= 0.3 is 0 Å². The Kier molecular flexibility index (Phi) is 4.47. The highest BCUT2D eigenvalue weighted by Gasteiger charge is 2.23. The molecule has 1 amide bonds. The zero-order valence-electron chi connectivity index (χ0n) is 12.9. The summed E-state index contributed by atoms with van der Waals surface area (Å²) in [6.45, 7) is 5.25. The summed E-state index contributed by atoms with van der Waals surface area (Å²) in [7, 11) is 0. The van der Waals surface area contributed by atoms with Crippen LogP contribution < -0.4 is 15.5 Å². The first kappa shape index (κ1) is 15.7. The molecule has 0 bridgehead atoms. The Hall–Kier alpha value is -2.15. The maximum atomic E-state index is 11.6. The van der Waals surface area contributed by atoms with Crippen LogP contribution in [0.1, 0.15) is 15.9 Å². The molecule has 1 saturated heterocycles. The van der Waals surface area contributed by atoms with Crippen molar-refractivity contribution >= 4 is 33.5 Å². The zero-order valence-corrected chi connectivity index (χ0v) is 14.5. The number of aromatic nitrogens is 2. The maximum absolute atomic E-state index is 11.6. The van der Waals surface area contributed by atoms with E-state index in [4.69, 9.17) is 5.73 Å². The van der Waals surface area contributed by atoms with Crippen LogP contribution in [0.2, 0.25) is 0 Å². The molecule has 0 atom stereocenters. The lowest BCUT2D eigenvalue weighted by molar-refractivity contribution is 0.100. The normalized spacial score (nSPS) is 14.9. The lowest BCUT2D eigenvalue weighted by Crippen LogP contribution is -2.47. The minimum Gasteiger partial charge on any atom is -0.365 e. The molecule has 2 N–H and O–H groups in total. The van der Waals surface area contributed by atoms with Crippen LogP contribution in [-0.4, -0.2) is 42.1 Å². The van der Waals surface area contributed by atoms with Gasteiger partial charge in [-0.1, -0.05) is 0 Å². The smallest absolute Gasteiger partial charge is 0.252 e. The number of pyridine rings is 2. The highest BCUT2D eigenvalue weighted by molar-refractivity contribution is 9.10. The molecule has 1 aliphatic rings. The van der Waals surface area contributed by atoms with Gasteiger partial charge in [-0.05, 0) is 46.6 Å². The van der Waals surface area contributed by atoms with E-state index in [2.05, 4.69) is 48.7 Å². The summed E-state index contributed by atoms with van der Waals surface area (Å²) in [6, 6.07) is 5.52. The highest BCUT2D eigenvalue weighted by Crippen LogP contribution is 2.24. The van der Waals surface area contributed by atoms with Gasteiger partial charge in [0.05, 0.1) is 5.56 Å². The second-order valence-electron chi connectivity index (χ2n) is 5.51. The summed E-state index contributed by atoms with van der Waals surface area (Å²) < 4.78 is 0.983. The van der Waals surface area contributed by atoms with Gasteiger partial charge in [-0.3, -0.25) is 4.79 Å². The summed E-state index contributed by atoms with van der Waals surface area (Å²) in [5.41, 5.74) is 7.06. The molecule has 7 heteroatoms. The molecular weight excluding hydrogens is 358 g/mol. The third-order valence-electron chi connectivity index (χ3n) is 3.95. The van der Waals surface area contributed by atoms with Crippen molar-refractivity contribution in [1.29, 1.82) is 0 Å². The van der Waals surface area contributed by atoms with Crippen molar-refractivity contribution in [2.75, 3.05) is 36.0 Å². The fourth-order valence-electron chi connectivity index (χ4n) is 2.84. The predicted octanol–water partition coefficient (Wildman–Crippen LogP) is 1.97. The maximum Gasteiger partial charge on any atom is 0.252 e. The molecule has 0 unspecified atom stereocenters. The van der Waals surface area contributed by atoms with Crippen LogP contribution in [-0.2, 0) is 0 Å². The number of nitrogens with two attached hydrogens (primary N) is 1. The van der Waals surface area contributed by atoms with Crippen LogP contribution in [0.15, 0.2) is 35.1 Å². The highest BCUT2D eigenvalue weighted by atomic mass is 79.9. The number of carbonyl (C=O) groups is 1. The topological polar surface area (TPSA) is 75.3 Å². The van der Waals surface area contributed by atoms with Crippen LogP contribution in [0.4, 0.5) is 11.6 Å². The number of nitrogens with zero attached hydrogens (tertiary/aromatic N) is 4. The van der Waals surface area contributed by atoms with Gasteiger partial charge in [0.15, 0.2) is 0 Å². The Morgan fingerprint density at radius 2 is 1.83 bits per heavy atom. The summed E-state index contributed by atoms with van der Waals surface area (Å²) in [6.07, 6.45) is 3.51. The fourth-order valence-corrected chi connectivity index (χ4v) is 3.28. The van der Waals surface area contributed by atoms with E-state index in [-0.39, 0.29) is 0 Å². The Bertz CT molecular complexity index is 728. The molecular formula is C16H18BrN5O. The summed E-state index contributed by atoms with van der Waals surface area (Å²) in [5, 5.41) is 0. The minimum atomic E-state index is -0.444. The molecule has 0 aliphatic carbocycles. The average molecular weight is 376 g/mol. The molecule has 120 valence electrons. The van der Waals surface area contributed by atoms with Crippen molar-refractivity contribution in [1.82, 2.24) is 9.97 Å². The summed E-state index contributed by atoms with van der Waals surface area (Å²) in [5.74, 6) is 1.23. The van der Waals surface area contributed by atoms with Crippen molar-refractivity contribution < 1.29 is 4.79 Å². The fraction of sp³-hybridized carbons (Fsp3) is 0.312. The van der Waals surface area contributed by atoms with Crippen LogP contribution in [0.25, 0.3) is 0 Å². The molecule has 2 aromatic rings. The van der Waals surface area contributed by atoms with Crippen molar-refractivity contribution in [3.05, 3.63) is 46.2 Å². The Morgan fingerprint density at radius 1 is 1.17 bits per heavy atom. The molecule has 6 nitrogen and oxygen atoms in total. The van der Waals surface area contributed by atoms with Crippen molar-refractivity contribution in [3.63, 3.8) is 0 Å². The Morgan fingerprint density at radius 3 is 2.43 bits per heavy atom. The molecule has 2 aromatic heterocycles. The van der Waals surface area contributed by atoms with E-state index >= 15 is 0 Å².